The number of nitrogens with two attached hydrogens (primary N) is 8. The van der Waals surface area contributed by atoms with Gasteiger partial charge in [-0.3, -0.25) is 9.59 Å². The highest BCUT2D eigenvalue weighted by molar-refractivity contribution is 6.07. The lowest BCUT2D eigenvalue weighted by molar-refractivity contribution is -0.117. The molecule has 0 saturated heterocycles. The molecule has 0 aliphatic rings. The summed E-state index contributed by atoms with van der Waals surface area (Å²) in [5.41, 5.74) is 49.0. The zero-order chi connectivity index (χ0) is 40.2. The van der Waals surface area contributed by atoms with Gasteiger partial charge in [0.05, 0.1) is 22.8 Å². The van der Waals surface area contributed by atoms with Crippen LogP contribution in [0.1, 0.15) is 101 Å². The zero-order valence-corrected chi connectivity index (χ0v) is 36.0. The fourth-order valence-corrected chi connectivity index (χ4v) is 4.72. The van der Waals surface area contributed by atoms with Gasteiger partial charge >= 0.3 is 0 Å². The number of nitrogens with zero attached hydrogens (tertiary/aromatic N) is 8. The fraction of sp³-hybridized carbons (Fsp3) is 0.353. The number of nitrogens with one attached hydrogen (secondary N) is 2. The first-order valence-electron chi connectivity index (χ1n) is 17.0. The van der Waals surface area contributed by atoms with Gasteiger partial charge in [0, 0.05) is 46.5 Å². The van der Waals surface area contributed by atoms with Crippen molar-refractivity contribution in [1.82, 2.24) is 0 Å². The molecular weight excluding hydrogens is 834 g/mol. The van der Waals surface area contributed by atoms with E-state index in [4.69, 9.17) is 45.9 Å². The van der Waals surface area contributed by atoms with E-state index in [1.165, 1.54) is 0 Å². The van der Waals surface area contributed by atoms with Gasteiger partial charge in [-0.25, -0.2) is 0 Å². The minimum Gasteiger partial charge on any atom is -0.369 e. The number of halogens is 4. The molecule has 0 atom stereocenters. The summed E-state index contributed by atoms with van der Waals surface area (Å²) in [5.74, 6) is -1.03. The van der Waals surface area contributed by atoms with E-state index in [9.17, 15) is 9.59 Å². The summed E-state index contributed by atoms with van der Waals surface area (Å²) in [6.45, 7) is 6.92. The van der Waals surface area contributed by atoms with E-state index in [1.807, 2.05) is 0 Å². The summed E-state index contributed by atoms with van der Waals surface area (Å²) < 4.78 is 0. The largest absolute Gasteiger partial charge is 0.369 e. The van der Waals surface area contributed by atoms with E-state index in [2.05, 4.69) is 51.4 Å². The molecule has 322 valence electrons. The summed E-state index contributed by atoms with van der Waals surface area (Å²) in [6.07, 6.45) is 5.62. The Labute approximate surface area is 362 Å². The van der Waals surface area contributed by atoms with Crippen molar-refractivity contribution in [1.29, 1.82) is 0 Å². The van der Waals surface area contributed by atoms with E-state index in [-0.39, 0.29) is 85.3 Å². The molecule has 2 aromatic carbocycles. The Balaban J connectivity index is -0.00000756. The van der Waals surface area contributed by atoms with Crippen LogP contribution in [-0.4, -0.2) is 58.5 Å². The maximum atomic E-state index is 12.8. The Morgan fingerprint density at radius 1 is 0.397 bits per heavy atom. The minimum atomic E-state index is -0.185. The number of carbonyl (C=O) groups is 2. The van der Waals surface area contributed by atoms with Crippen LogP contribution in [0.4, 0.5) is 11.4 Å². The molecule has 0 bridgehead atoms. The van der Waals surface area contributed by atoms with E-state index in [0.717, 1.165) is 25.7 Å². The van der Waals surface area contributed by atoms with Crippen molar-refractivity contribution in [3.63, 3.8) is 0 Å². The van der Waals surface area contributed by atoms with Crippen molar-refractivity contribution in [2.24, 2.45) is 86.7 Å². The molecule has 0 unspecified atom stereocenters. The van der Waals surface area contributed by atoms with Crippen LogP contribution in [-0.2, 0) is 9.59 Å². The maximum absolute atomic E-state index is 12.8. The number of guanidine groups is 4. The lowest BCUT2D eigenvalue weighted by Gasteiger charge is -2.11. The van der Waals surface area contributed by atoms with Gasteiger partial charge in [-0.15, -0.1) is 70.0 Å². The third-order valence-electron chi connectivity index (χ3n) is 7.42. The molecule has 2 amide bonds. The lowest BCUT2D eigenvalue weighted by atomic mass is 10.0. The Morgan fingerprint density at radius 2 is 0.621 bits per heavy atom. The van der Waals surface area contributed by atoms with Crippen LogP contribution in [0.25, 0.3) is 0 Å². The molecule has 0 aromatic heterocycles. The smallest absolute Gasteiger partial charge is 0.224 e. The molecule has 0 spiro atoms. The van der Waals surface area contributed by atoms with E-state index in [0.29, 0.717) is 82.2 Å². The normalized spacial score (nSPS) is 11.2. The predicted octanol–water partition coefficient (Wildman–Crippen LogP) is 3.06. The molecule has 24 heteroatoms. The first-order valence-corrected chi connectivity index (χ1v) is 17.0. The molecule has 0 aliphatic heterocycles. The zero-order valence-electron chi connectivity index (χ0n) is 32.8. The number of carbonyl (C=O) groups excluding carboxylic acids is 2. The lowest BCUT2D eigenvalue weighted by Crippen LogP contribution is -2.22. The summed E-state index contributed by atoms with van der Waals surface area (Å²) in [5, 5.41) is 36.8. The second-order valence-corrected chi connectivity index (χ2v) is 12.2. The van der Waals surface area contributed by atoms with Gasteiger partial charge in [-0.2, -0.15) is 20.4 Å². The third kappa shape index (κ3) is 22.8. The topological polar surface area (TPSA) is 365 Å². The number of anilines is 2. The van der Waals surface area contributed by atoms with Crippen LogP contribution < -0.4 is 56.5 Å². The minimum absolute atomic E-state index is 0. The summed E-state index contributed by atoms with van der Waals surface area (Å²) in [6, 6.07) is 10.7. The monoisotopic (exact) mass is 888 g/mol. The standard InChI is InChI=1S/C34H52N18O2.4ClH/c1-19(45-49-31(35)36)23-13-24(20(2)46-50-32(37)38)16-27(15-23)43-29(53)11-9-7-5-6-8-10-12-30(54)44-28-17-25(21(3)47-51-33(39)40)14-26(18-28)22(4)48-52-34(41)42;;;;/h13-18H,5-12H2,1-4H3,(H,43,53)(H,44,54)(H4,35,36,49)(H4,37,38,50)(H4,39,40,51)(H4,41,42,52);4*1H/b45-19-,46-20-,47-21-,48-22+;;;;. The number of amides is 2. The van der Waals surface area contributed by atoms with E-state index >= 15 is 0 Å². The average Bonchev–Trinajstić information content (AvgIpc) is 3.11. The highest BCUT2D eigenvalue weighted by Gasteiger charge is 2.12. The molecular formula is C34H56Cl4N18O2. The van der Waals surface area contributed by atoms with Gasteiger partial charge in [-0.1, -0.05) is 25.7 Å². The summed E-state index contributed by atoms with van der Waals surface area (Å²) in [4.78, 5) is 25.7. The molecule has 0 heterocycles. The van der Waals surface area contributed by atoms with Gasteiger partial charge in [0.1, 0.15) is 0 Å². The predicted molar refractivity (Wildman–Crippen MR) is 248 cm³/mol. The molecule has 0 saturated carbocycles. The van der Waals surface area contributed by atoms with E-state index in [1.54, 1.807) is 64.1 Å². The van der Waals surface area contributed by atoms with E-state index < -0.39 is 0 Å². The molecule has 2 rings (SSSR count). The molecule has 0 fully saturated rings. The fourth-order valence-electron chi connectivity index (χ4n) is 4.72. The molecule has 58 heavy (non-hydrogen) atoms. The van der Waals surface area contributed by atoms with Gasteiger partial charge < -0.3 is 56.5 Å². The number of hydrogen-bond donors (Lipinski definition) is 10. The van der Waals surface area contributed by atoms with Gasteiger partial charge in [0.25, 0.3) is 0 Å². The number of rotatable bonds is 19. The highest BCUT2D eigenvalue weighted by Crippen LogP contribution is 2.20. The van der Waals surface area contributed by atoms with Crippen molar-refractivity contribution in [3.05, 3.63) is 58.7 Å². The summed E-state index contributed by atoms with van der Waals surface area (Å²) in [7, 11) is 0. The first-order chi connectivity index (χ1) is 25.5. The van der Waals surface area contributed by atoms with Crippen LogP contribution in [0, 0.1) is 0 Å². The second kappa shape index (κ2) is 29.5. The highest BCUT2D eigenvalue weighted by atomic mass is 35.5. The van der Waals surface area contributed by atoms with Crippen molar-refractivity contribution in [2.75, 3.05) is 10.6 Å². The third-order valence-corrected chi connectivity index (χ3v) is 7.42. The van der Waals surface area contributed by atoms with Crippen molar-refractivity contribution < 1.29 is 9.59 Å². The molecule has 2 aromatic rings. The first kappa shape index (κ1) is 56.6. The SMILES string of the molecule is C/C(=N/N=C(N)N)c1cc(NC(=O)CCCCCCCCC(=O)Nc2cc(/C(C)=N\N=C(N)N)cc(/C(C)=N/N=C(N)N)c2)cc(/C(C)=N\N=C(N)N)c1.Cl.Cl.Cl.Cl. The quantitative estimate of drug-likeness (QED) is 0.0425. The van der Waals surface area contributed by atoms with Crippen molar-refractivity contribution >= 4 is 120 Å². The van der Waals surface area contributed by atoms with Crippen LogP contribution in [0.15, 0.2) is 77.2 Å². The van der Waals surface area contributed by atoms with Crippen LogP contribution >= 0.6 is 49.6 Å². The maximum Gasteiger partial charge on any atom is 0.224 e. The average molecular weight is 891 g/mol. The molecule has 18 N–H and O–H groups in total. The van der Waals surface area contributed by atoms with Gasteiger partial charge in [0.2, 0.25) is 35.7 Å². The second-order valence-electron chi connectivity index (χ2n) is 12.2. The van der Waals surface area contributed by atoms with Crippen molar-refractivity contribution in [3.8, 4) is 0 Å². The molecule has 20 nitrogen and oxygen atoms in total. The Bertz CT molecular complexity index is 1650. The number of benzene rings is 2. The van der Waals surface area contributed by atoms with Crippen molar-refractivity contribution in [2.45, 2.75) is 79.1 Å². The summed E-state index contributed by atoms with van der Waals surface area (Å²) >= 11 is 0. The van der Waals surface area contributed by atoms with Crippen LogP contribution in [0.5, 0.6) is 0 Å². The molecule has 0 radical (unpaired) electrons. The molecule has 0 aliphatic carbocycles. The number of unbranched alkanes of at least 4 members (excludes halogenated alkanes) is 5. The Hall–Kier alpha value is -5.70. The van der Waals surface area contributed by atoms with Gasteiger partial charge in [-0.05, 0) is 76.9 Å². The number of hydrogen-bond acceptors (Lipinski definition) is 10. The van der Waals surface area contributed by atoms with Crippen LogP contribution in [0.3, 0.4) is 0 Å². The van der Waals surface area contributed by atoms with Gasteiger partial charge in [0.15, 0.2) is 0 Å². The Morgan fingerprint density at radius 3 is 0.845 bits per heavy atom. The van der Waals surface area contributed by atoms with Crippen LogP contribution in [0.2, 0.25) is 0 Å². The Kier molecular flexibility index (Phi) is 28.8.